The van der Waals surface area contributed by atoms with Gasteiger partial charge in [-0.15, -0.1) is 0 Å². The molecule has 2 aromatic rings. The van der Waals surface area contributed by atoms with E-state index in [0.717, 1.165) is 44.4 Å². The Kier molecular flexibility index (Phi) is 3.77. The quantitative estimate of drug-likeness (QED) is 0.868. The van der Waals surface area contributed by atoms with Crippen molar-refractivity contribution in [2.75, 3.05) is 31.1 Å². The molecule has 0 amide bonds. The van der Waals surface area contributed by atoms with Gasteiger partial charge in [-0.3, -0.25) is 4.90 Å². The third kappa shape index (κ3) is 3.12. The fourth-order valence-electron chi connectivity index (χ4n) is 3.05. The summed E-state index contributed by atoms with van der Waals surface area (Å²) < 4.78 is 0. The summed E-state index contributed by atoms with van der Waals surface area (Å²) in [6, 6.07) is 12.8. The molecule has 4 rings (SSSR count). The Morgan fingerprint density at radius 2 is 1.73 bits per heavy atom. The van der Waals surface area contributed by atoms with Gasteiger partial charge in [0.25, 0.3) is 0 Å². The van der Waals surface area contributed by atoms with Crippen molar-refractivity contribution in [2.45, 2.75) is 25.3 Å². The minimum Gasteiger partial charge on any atom is -0.354 e. The highest BCUT2D eigenvalue weighted by Gasteiger charge is 2.27. The summed E-state index contributed by atoms with van der Waals surface area (Å²) in [5.41, 5.74) is 1.40. The Bertz CT molecular complexity index is 616. The third-order valence-electron chi connectivity index (χ3n) is 4.55. The number of nitrogens with zero attached hydrogens (tertiary/aromatic N) is 4. The normalized spacial score (nSPS) is 19.4. The standard InChI is InChI=1S/C18H22N4/c1-2-4-15(5-3-1)14-21-10-12-22(13-11-21)17-8-9-19-18(20-17)16-6-7-16/h1-5,8-9,16H,6-7,10-14H2. The number of hydrogen-bond donors (Lipinski definition) is 0. The van der Waals surface area contributed by atoms with Crippen molar-refractivity contribution in [3.8, 4) is 0 Å². The molecule has 0 bridgehead atoms. The zero-order chi connectivity index (χ0) is 14.8. The topological polar surface area (TPSA) is 32.3 Å². The van der Waals surface area contributed by atoms with E-state index in [1.54, 1.807) is 0 Å². The summed E-state index contributed by atoms with van der Waals surface area (Å²) in [5.74, 6) is 2.78. The van der Waals surface area contributed by atoms with Crippen LogP contribution in [0, 0.1) is 0 Å². The van der Waals surface area contributed by atoms with Crippen LogP contribution >= 0.6 is 0 Å². The molecule has 1 aromatic carbocycles. The lowest BCUT2D eigenvalue weighted by molar-refractivity contribution is 0.249. The van der Waals surface area contributed by atoms with Crippen LogP contribution in [0.3, 0.4) is 0 Å². The average molecular weight is 294 g/mol. The molecule has 1 saturated carbocycles. The molecule has 1 saturated heterocycles. The number of hydrogen-bond acceptors (Lipinski definition) is 4. The molecule has 114 valence electrons. The molecule has 0 radical (unpaired) electrons. The average Bonchev–Trinajstić information content (AvgIpc) is 3.42. The second-order valence-electron chi connectivity index (χ2n) is 6.30. The number of rotatable bonds is 4. The SMILES string of the molecule is c1ccc(CN2CCN(c3ccnc(C4CC4)n3)CC2)cc1. The maximum atomic E-state index is 4.76. The lowest BCUT2D eigenvalue weighted by atomic mass is 10.2. The Morgan fingerprint density at radius 3 is 2.45 bits per heavy atom. The summed E-state index contributed by atoms with van der Waals surface area (Å²) in [5, 5.41) is 0. The molecule has 1 aliphatic heterocycles. The van der Waals surface area contributed by atoms with Crippen molar-refractivity contribution in [3.05, 3.63) is 54.0 Å². The van der Waals surface area contributed by atoms with E-state index in [4.69, 9.17) is 4.98 Å². The van der Waals surface area contributed by atoms with Crippen LogP contribution < -0.4 is 4.90 Å². The first-order valence-corrected chi connectivity index (χ1v) is 8.23. The van der Waals surface area contributed by atoms with Crippen LogP contribution in [0.2, 0.25) is 0 Å². The second-order valence-corrected chi connectivity index (χ2v) is 6.30. The largest absolute Gasteiger partial charge is 0.354 e. The van der Waals surface area contributed by atoms with E-state index in [1.807, 2.05) is 6.20 Å². The van der Waals surface area contributed by atoms with Crippen molar-refractivity contribution in [3.63, 3.8) is 0 Å². The smallest absolute Gasteiger partial charge is 0.133 e. The van der Waals surface area contributed by atoms with Crippen molar-refractivity contribution >= 4 is 5.82 Å². The van der Waals surface area contributed by atoms with E-state index < -0.39 is 0 Å². The van der Waals surface area contributed by atoms with E-state index in [9.17, 15) is 0 Å². The lowest BCUT2D eigenvalue weighted by Crippen LogP contribution is -2.46. The third-order valence-corrected chi connectivity index (χ3v) is 4.55. The zero-order valence-electron chi connectivity index (χ0n) is 12.9. The van der Waals surface area contributed by atoms with Crippen molar-refractivity contribution in [1.82, 2.24) is 14.9 Å². The Morgan fingerprint density at radius 1 is 0.955 bits per heavy atom. The van der Waals surface area contributed by atoms with Crippen molar-refractivity contribution in [2.24, 2.45) is 0 Å². The number of anilines is 1. The van der Waals surface area contributed by atoms with E-state index in [1.165, 1.54) is 18.4 Å². The summed E-state index contributed by atoms with van der Waals surface area (Å²) in [4.78, 5) is 14.1. The van der Waals surface area contributed by atoms with E-state index in [2.05, 4.69) is 51.2 Å². The Balaban J connectivity index is 1.36. The van der Waals surface area contributed by atoms with E-state index >= 15 is 0 Å². The van der Waals surface area contributed by atoms with Gasteiger partial charge in [0.05, 0.1) is 0 Å². The van der Waals surface area contributed by atoms with Gasteiger partial charge >= 0.3 is 0 Å². The minimum absolute atomic E-state index is 0.624. The number of benzene rings is 1. The molecule has 2 heterocycles. The van der Waals surface area contributed by atoms with Gasteiger partial charge in [-0.25, -0.2) is 9.97 Å². The highest BCUT2D eigenvalue weighted by Crippen LogP contribution is 2.38. The van der Waals surface area contributed by atoms with Crippen molar-refractivity contribution in [1.29, 1.82) is 0 Å². The van der Waals surface area contributed by atoms with Gasteiger partial charge in [-0.05, 0) is 24.5 Å². The second kappa shape index (κ2) is 6.05. The Labute approximate surface area is 131 Å². The van der Waals surface area contributed by atoms with Crippen LogP contribution in [0.4, 0.5) is 5.82 Å². The number of aromatic nitrogens is 2. The first-order chi connectivity index (χ1) is 10.9. The predicted octanol–water partition coefficient (Wildman–Crippen LogP) is 2.68. The van der Waals surface area contributed by atoms with Gasteiger partial charge in [0, 0.05) is 44.8 Å². The molecule has 4 heteroatoms. The molecule has 0 spiro atoms. The highest BCUT2D eigenvalue weighted by molar-refractivity contribution is 5.38. The summed E-state index contributed by atoms with van der Waals surface area (Å²) in [7, 11) is 0. The lowest BCUT2D eigenvalue weighted by Gasteiger charge is -2.35. The summed E-state index contributed by atoms with van der Waals surface area (Å²) >= 11 is 0. The molecule has 4 nitrogen and oxygen atoms in total. The van der Waals surface area contributed by atoms with Gasteiger partial charge in [0.2, 0.25) is 0 Å². The molecule has 22 heavy (non-hydrogen) atoms. The molecule has 2 aliphatic rings. The highest BCUT2D eigenvalue weighted by atomic mass is 15.3. The van der Waals surface area contributed by atoms with Crippen LogP contribution in [-0.2, 0) is 6.54 Å². The fourth-order valence-corrected chi connectivity index (χ4v) is 3.05. The summed E-state index contributed by atoms with van der Waals surface area (Å²) in [6.45, 7) is 5.34. The van der Waals surface area contributed by atoms with Gasteiger partial charge in [-0.1, -0.05) is 30.3 Å². The molecular weight excluding hydrogens is 272 g/mol. The predicted molar refractivity (Wildman–Crippen MR) is 87.9 cm³/mol. The monoisotopic (exact) mass is 294 g/mol. The van der Waals surface area contributed by atoms with Gasteiger partial charge in [-0.2, -0.15) is 0 Å². The first-order valence-electron chi connectivity index (χ1n) is 8.23. The molecular formula is C18H22N4. The maximum Gasteiger partial charge on any atom is 0.133 e. The Hall–Kier alpha value is -1.94. The maximum absolute atomic E-state index is 4.76. The fraction of sp³-hybridized carbons (Fsp3) is 0.444. The van der Waals surface area contributed by atoms with Gasteiger partial charge in [0.1, 0.15) is 11.6 Å². The van der Waals surface area contributed by atoms with Crippen LogP contribution in [0.5, 0.6) is 0 Å². The van der Waals surface area contributed by atoms with E-state index in [-0.39, 0.29) is 0 Å². The zero-order valence-corrected chi connectivity index (χ0v) is 12.9. The molecule has 0 unspecified atom stereocenters. The van der Waals surface area contributed by atoms with Gasteiger partial charge < -0.3 is 4.90 Å². The van der Waals surface area contributed by atoms with Crippen LogP contribution in [0.1, 0.15) is 30.1 Å². The summed E-state index contributed by atoms with van der Waals surface area (Å²) in [6.07, 6.45) is 4.44. The van der Waals surface area contributed by atoms with E-state index in [0.29, 0.717) is 5.92 Å². The number of piperazine rings is 1. The van der Waals surface area contributed by atoms with Crippen LogP contribution in [0.25, 0.3) is 0 Å². The van der Waals surface area contributed by atoms with Gasteiger partial charge in [0.15, 0.2) is 0 Å². The molecule has 1 aliphatic carbocycles. The first kappa shape index (κ1) is 13.7. The molecule has 0 N–H and O–H groups in total. The van der Waals surface area contributed by atoms with Crippen LogP contribution in [-0.4, -0.2) is 41.0 Å². The molecule has 2 fully saturated rings. The molecule has 1 aromatic heterocycles. The molecule has 0 atom stereocenters. The van der Waals surface area contributed by atoms with Crippen LogP contribution in [0.15, 0.2) is 42.6 Å². The minimum atomic E-state index is 0.624. The van der Waals surface area contributed by atoms with Crippen molar-refractivity contribution < 1.29 is 0 Å².